The molecular weight excluding hydrogens is 210 g/mol. The van der Waals surface area contributed by atoms with E-state index in [1.165, 1.54) is 30.4 Å². The first-order valence-corrected chi connectivity index (χ1v) is 6.82. The van der Waals surface area contributed by atoms with Crippen molar-refractivity contribution in [2.24, 2.45) is 5.73 Å². The van der Waals surface area contributed by atoms with E-state index in [1.807, 2.05) is 0 Å². The molecule has 2 unspecified atom stereocenters. The van der Waals surface area contributed by atoms with Gasteiger partial charge < -0.3 is 10.5 Å². The second kappa shape index (κ2) is 4.79. The molecule has 1 heterocycles. The summed E-state index contributed by atoms with van der Waals surface area (Å²) in [6.45, 7) is 0.879. The maximum atomic E-state index is 6.39. The van der Waals surface area contributed by atoms with Gasteiger partial charge in [0.1, 0.15) is 0 Å². The first-order valence-electron chi connectivity index (χ1n) is 6.82. The van der Waals surface area contributed by atoms with Gasteiger partial charge in [0, 0.05) is 6.61 Å². The number of hydrogen-bond acceptors (Lipinski definition) is 2. The lowest BCUT2D eigenvalue weighted by molar-refractivity contribution is 0.0895. The van der Waals surface area contributed by atoms with Gasteiger partial charge in [0.25, 0.3) is 0 Å². The van der Waals surface area contributed by atoms with E-state index in [9.17, 15) is 0 Å². The van der Waals surface area contributed by atoms with Crippen molar-refractivity contribution in [3.8, 4) is 0 Å². The largest absolute Gasteiger partial charge is 0.376 e. The normalized spacial score (nSPS) is 26.8. The summed E-state index contributed by atoms with van der Waals surface area (Å²) in [7, 11) is 0. The van der Waals surface area contributed by atoms with Crippen LogP contribution in [0.5, 0.6) is 0 Å². The van der Waals surface area contributed by atoms with Gasteiger partial charge in [0.15, 0.2) is 0 Å². The van der Waals surface area contributed by atoms with Crippen LogP contribution < -0.4 is 5.73 Å². The Balaban J connectivity index is 1.84. The minimum Gasteiger partial charge on any atom is -0.376 e. The van der Waals surface area contributed by atoms with Gasteiger partial charge >= 0.3 is 0 Å². The zero-order chi connectivity index (χ0) is 11.7. The number of ether oxygens (including phenoxy) is 1. The Morgan fingerprint density at radius 1 is 1.12 bits per heavy atom. The Morgan fingerprint density at radius 2 is 1.94 bits per heavy atom. The summed E-state index contributed by atoms with van der Waals surface area (Å²) in [5.74, 6) is 0.749. The molecule has 1 aliphatic heterocycles. The molecule has 2 atom stereocenters. The van der Waals surface area contributed by atoms with E-state index in [1.54, 1.807) is 0 Å². The van der Waals surface area contributed by atoms with Crippen LogP contribution in [-0.2, 0) is 4.74 Å². The molecule has 1 aromatic rings. The van der Waals surface area contributed by atoms with E-state index in [-0.39, 0.29) is 12.1 Å². The molecule has 2 heteroatoms. The molecule has 0 aromatic heterocycles. The molecule has 2 fully saturated rings. The molecule has 1 saturated carbocycles. The predicted molar refractivity (Wildman–Crippen MR) is 68.9 cm³/mol. The topological polar surface area (TPSA) is 35.2 Å². The summed E-state index contributed by atoms with van der Waals surface area (Å²) < 4.78 is 5.73. The summed E-state index contributed by atoms with van der Waals surface area (Å²) in [4.78, 5) is 0. The van der Waals surface area contributed by atoms with Crippen LogP contribution >= 0.6 is 0 Å². The van der Waals surface area contributed by atoms with Crippen molar-refractivity contribution >= 4 is 0 Å². The van der Waals surface area contributed by atoms with Crippen LogP contribution in [0, 0.1) is 0 Å². The van der Waals surface area contributed by atoms with Crippen molar-refractivity contribution in [1.82, 2.24) is 0 Å². The van der Waals surface area contributed by atoms with Crippen LogP contribution in [0.1, 0.15) is 55.2 Å². The highest BCUT2D eigenvalue weighted by Crippen LogP contribution is 2.40. The minimum absolute atomic E-state index is 0.0642. The molecular formula is C15H21NO. The molecule has 92 valence electrons. The molecule has 1 saturated heterocycles. The average molecular weight is 231 g/mol. The average Bonchev–Trinajstić information content (AvgIpc) is 2.80. The highest BCUT2D eigenvalue weighted by atomic mass is 16.5. The Morgan fingerprint density at radius 3 is 2.59 bits per heavy atom. The van der Waals surface area contributed by atoms with Crippen molar-refractivity contribution in [3.05, 3.63) is 35.4 Å². The van der Waals surface area contributed by atoms with Crippen molar-refractivity contribution in [2.75, 3.05) is 6.61 Å². The molecule has 0 radical (unpaired) electrons. The predicted octanol–water partition coefficient (Wildman–Crippen LogP) is 3.13. The second-order valence-corrected chi connectivity index (χ2v) is 5.33. The quantitative estimate of drug-likeness (QED) is 0.867. The summed E-state index contributed by atoms with van der Waals surface area (Å²) in [5, 5.41) is 0. The summed E-state index contributed by atoms with van der Waals surface area (Å²) in [6.07, 6.45) is 6.53. The number of rotatable bonds is 3. The fourth-order valence-electron chi connectivity index (χ4n) is 2.99. The van der Waals surface area contributed by atoms with Gasteiger partial charge in [-0.2, -0.15) is 0 Å². The molecule has 2 aliphatic rings. The van der Waals surface area contributed by atoms with Crippen molar-refractivity contribution in [1.29, 1.82) is 0 Å². The van der Waals surface area contributed by atoms with Gasteiger partial charge in [-0.25, -0.2) is 0 Å². The van der Waals surface area contributed by atoms with E-state index < -0.39 is 0 Å². The SMILES string of the molecule is NC(c1ccccc1C1CCC1)C1CCCO1. The first-order chi connectivity index (χ1) is 8.36. The number of nitrogens with two attached hydrogens (primary N) is 1. The Hall–Kier alpha value is -0.860. The summed E-state index contributed by atoms with van der Waals surface area (Å²) >= 11 is 0. The fraction of sp³-hybridized carbons (Fsp3) is 0.600. The zero-order valence-electron chi connectivity index (χ0n) is 10.3. The van der Waals surface area contributed by atoms with Gasteiger partial charge in [-0.3, -0.25) is 0 Å². The highest BCUT2D eigenvalue weighted by Gasteiger charge is 2.29. The summed E-state index contributed by atoms with van der Waals surface area (Å²) in [6, 6.07) is 8.76. The fourth-order valence-corrected chi connectivity index (χ4v) is 2.99. The van der Waals surface area contributed by atoms with Crippen LogP contribution in [0.4, 0.5) is 0 Å². The number of hydrogen-bond donors (Lipinski definition) is 1. The van der Waals surface area contributed by atoms with Gasteiger partial charge in [-0.1, -0.05) is 30.7 Å². The smallest absolute Gasteiger partial charge is 0.0768 e. The summed E-state index contributed by atoms with van der Waals surface area (Å²) in [5.41, 5.74) is 9.19. The molecule has 0 spiro atoms. The van der Waals surface area contributed by atoms with E-state index in [2.05, 4.69) is 24.3 Å². The molecule has 2 nitrogen and oxygen atoms in total. The number of benzene rings is 1. The third kappa shape index (κ3) is 2.12. The van der Waals surface area contributed by atoms with Crippen LogP contribution in [0.15, 0.2) is 24.3 Å². The van der Waals surface area contributed by atoms with Gasteiger partial charge in [0.05, 0.1) is 12.1 Å². The van der Waals surface area contributed by atoms with E-state index in [4.69, 9.17) is 10.5 Å². The maximum absolute atomic E-state index is 6.39. The maximum Gasteiger partial charge on any atom is 0.0768 e. The van der Waals surface area contributed by atoms with Crippen molar-refractivity contribution in [3.63, 3.8) is 0 Å². The molecule has 3 rings (SSSR count). The lowest BCUT2D eigenvalue weighted by Gasteiger charge is -2.30. The molecule has 17 heavy (non-hydrogen) atoms. The van der Waals surface area contributed by atoms with E-state index in [0.29, 0.717) is 0 Å². The highest BCUT2D eigenvalue weighted by molar-refractivity contribution is 5.34. The van der Waals surface area contributed by atoms with Crippen LogP contribution in [0.2, 0.25) is 0 Å². The van der Waals surface area contributed by atoms with Crippen LogP contribution in [-0.4, -0.2) is 12.7 Å². The molecule has 1 aliphatic carbocycles. The Labute approximate surface area is 103 Å². The van der Waals surface area contributed by atoms with Crippen LogP contribution in [0.3, 0.4) is 0 Å². The van der Waals surface area contributed by atoms with E-state index in [0.717, 1.165) is 25.4 Å². The zero-order valence-corrected chi connectivity index (χ0v) is 10.3. The van der Waals surface area contributed by atoms with Crippen molar-refractivity contribution < 1.29 is 4.74 Å². The van der Waals surface area contributed by atoms with Gasteiger partial charge in [-0.05, 0) is 42.7 Å². The standard InChI is InChI=1S/C15H21NO/c16-15(14-9-4-10-17-14)13-8-2-1-7-12(13)11-5-3-6-11/h1-2,7-8,11,14-15H,3-6,9-10,16H2. The van der Waals surface area contributed by atoms with Crippen LogP contribution in [0.25, 0.3) is 0 Å². The Bertz CT molecular complexity index is 380. The second-order valence-electron chi connectivity index (χ2n) is 5.33. The first kappa shape index (κ1) is 11.2. The third-order valence-electron chi connectivity index (χ3n) is 4.27. The monoisotopic (exact) mass is 231 g/mol. The van der Waals surface area contributed by atoms with Gasteiger partial charge in [-0.15, -0.1) is 0 Å². The van der Waals surface area contributed by atoms with Gasteiger partial charge in [0.2, 0.25) is 0 Å². The molecule has 0 bridgehead atoms. The third-order valence-corrected chi connectivity index (χ3v) is 4.27. The lowest BCUT2D eigenvalue weighted by atomic mass is 9.76. The molecule has 1 aromatic carbocycles. The molecule has 2 N–H and O–H groups in total. The lowest BCUT2D eigenvalue weighted by Crippen LogP contribution is -2.27. The Kier molecular flexibility index (Phi) is 3.17. The van der Waals surface area contributed by atoms with Crippen molar-refractivity contribution in [2.45, 2.75) is 50.2 Å². The van der Waals surface area contributed by atoms with E-state index >= 15 is 0 Å². The minimum atomic E-state index is 0.0642. The molecule has 0 amide bonds.